The number of rotatable bonds is 3. The van der Waals surface area contributed by atoms with Gasteiger partial charge in [0.2, 0.25) is 0 Å². The number of H-pyrrole nitrogens is 1. The lowest BCUT2D eigenvalue weighted by molar-refractivity contribution is 0.625. The summed E-state index contributed by atoms with van der Waals surface area (Å²) < 4.78 is 14.5. The van der Waals surface area contributed by atoms with Crippen molar-refractivity contribution in [2.45, 2.75) is 13.5 Å². The van der Waals surface area contributed by atoms with Crippen molar-refractivity contribution in [2.75, 3.05) is 0 Å². The molecule has 0 unspecified atom stereocenters. The van der Waals surface area contributed by atoms with E-state index in [1.165, 1.54) is 29.0 Å². The van der Waals surface area contributed by atoms with Crippen LogP contribution in [0.1, 0.15) is 16.7 Å². The Balaban J connectivity index is 2.50. The molecule has 0 aliphatic heterocycles. The van der Waals surface area contributed by atoms with Crippen molar-refractivity contribution in [1.82, 2.24) is 9.55 Å². The quantitative estimate of drug-likeness (QED) is 0.815. The third-order valence-corrected chi connectivity index (χ3v) is 3.09. The first kappa shape index (κ1) is 14.1. The highest BCUT2D eigenvalue weighted by Crippen LogP contribution is 2.12. The summed E-state index contributed by atoms with van der Waals surface area (Å²) in [6, 6.07) is 4.00. The molecule has 0 spiro atoms. The first-order valence-corrected chi connectivity index (χ1v) is 6.18. The fraction of sp³-hybridized carbons (Fsp3) is 0.154. The standard InChI is InChI=1S/C13H12FN3O2S/c1-7-5-17(13(19)16-12(7)18)6-8-2-3-9(14)4-10(8)11(15)20/h2-5H,6H2,1H3,(H2,15,20)(H,16,18,19). The predicted molar refractivity (Wildman–Crippen MR) is 77.4 cm³/mol. The minimum absolute atomic E-state index is 0.0497. The van der Waals surface area contributed by atoms with Gasteiger partial charge in [0.15, 0.2) is 0 Å². The SMILES string of the molecule is Cc1cn(Cc2ccc(F)cc2C(N)=S)c(=O)[nH]c1=O. The lowest BCUT2D eigenvalue weighted by Gasteiger charge is -2.10. The van der Waals surface area contributed by atoms with E-state index in [9.17, 15) is 14.0 Å². The van der Waals surface area contributed by atoms with E-state index >= 15 is 0 Å². The molecule has 0 fully saturated rings. The smallest absolute Gasteiger partial charge is 0.328 e. The number of nitrogens with two attached hydrogens (primary N) is 1. The normalized spacial score (nSPS) is 10.5. The Labute approximate surface area is 118 Å². The van der Waals surface area contributed by atoms with Crippen LogP contribution in [0, 0.1) is 12.7 Å². The average Bonchev–Trinajstić information content (AvgIpc) is 2.37. The van der Waals surface area contributed by atoms with Gasteiger partial charge in [-0.25, -0.2) is 9.18 Å². The van der Waals surface area contributed by atoms with Gasteiger partial charge < -0.3 is 5.73 Å². The predicted octanol–water partition coefficient (Wildman–Crippen LogP) is 0.667. The van der Waals surface area contributed by atoms with Gasteiger partial charge in [0.05, 0.1) is 6.54 Å². The van der Waals surface area contributed by atoms with Crippen molar-refractivity contribution in [3.63, 3.8) is 0 Å². The highest BCUT2D eigenvalue weighted by Gasteiger charge is 2.09. The van der Waals surface area contributed by atoms with Crippen LogP contribution in [0.3, 0.4) is 0 Å². The van der Waals surface area contributed by atoms with E-state index in [-0.39, 0.29) is 11.5 Å². The van der Waals surface area contributed by atoms with Crippen LogP contribution in [0.25, 0.3) is 0 Å². The molecule has 0 bridgehead atoms. The highest BCUT2D eigenvalue weighted by molar-refractivity contribution is 7.80. The topological polar surface area (TPSA) is 80.9 Å². The van der Waals surface area contributed by atoms with Gasteiger partial charge in [-0.3, -0.25) is 14.3 Å². The first-order valence-electron chi connectivity index (χ1n) is 5.77. The Morgan fingerprint density at radius 2 is 2.15 bits per heavy atom. The van der Waals surface area contributed by atoms with Crippen molar-refractivity contribution in [2.24, 2.45) is 5.73 Å². The van der Waals surface area contributed by atoms with Gasteiger partial charge in [-0.15, -0.1) is 0 Å². The lowest BCUT2D eigenvalue weighted by atomic mass is 10.1. The summed E-state index contributed by atoms with van der Waals surface area (Å²) >= 11 is 4.87. The molecule has 0 amide bonds. The second-order valence-electron chi connectivity index (χ2n) is 4.37. The molecule has 0 saturated heterocycles. The zero-order valence-electron chi connectivity index (χ0n) is 10.6. The zero-order chi connectivity index (χ0) is 14.9. The third kappa shape index (κ3) is 2.83. The van der Waals surface area contributed by atoms with E-state index in [0.29, 0.717) is 16.7 Å². The maximum Gasteiger partial charge on any atom is 0.328 e. The molecule has 1 aromatic heterocycles. The minimum Gasteiger partial charge on any atom is -0.389 e. The number of nitrogens with zero attached hydrogens (tertiary/aromatic N) is 1. The fourth-order valence-electron chi connectivity index (χ4n) is 1.84. The number of aromatic amines is 1. The monoisotopic (exact) mass is 293 g/mol. The molecule has 2 aromatic rings. The van der Waals surface area contributed by atoms with Crippen LogP contribution in [-0.2, 0) is 6.54 Å². The number of hydrogen-bond donors (Lipinski definition) is 2. The second-order valence-corrected chi connectivity index (χ2v) is 4.80. The number of benzene rings is 1. The van der Waals surface area contributed by atoms with Crippen molar-refractivity contribution >= 4 is 17.2 Å². The molecule has 104 valence electrons. The van der Waals surface area contributed by atoms with Gasteiger partial charge in [-0.05, 0) is 24.6 Å². The molecular weight excluding hydrogens is 281 g/mol. The lowest BCUT2D eigenvalue weighted by Crippen LogP contribution is -2.31. The molecular formula is C13H12FN3O2S. The van der Waals surface area contributed by atoms with E-state index in [4.69, 9.17) is 18.0 Å². The molecule has 1 aromatic carbocycles. The molecule has 1 heterocycles. The van der Waals surface area contributed by atoms with Crippen LogP contribution in [0.4, 0.5) is 4.39 Å². The van der Waals surface area contributed by atoms with Crippen LogP contribution in [0.2, 0.25) is 0 Å². The van der Waals surface area contributed by atoms with Gasteiger partial charge in [0.1, 0.15) is 10.8 Å². The number of thiocarbonyl (C=S) groups is 1. The van der Waals surface area contributed by atoms with E-state index in [1.54, 1.807) is 6.92 Å². The van der Waals surface area contributed by atoms with Gasteiger partial charge in [-0.2, -0.15) is 0 Å². The maximum atomic E-state index is 13.2. The average molecular weight is 293 g/mol. The molecule has 0 saturated carbocycles. The van der Waals surface area contributed by atoms with E-state index in [0.717, 1.165) is 0 Å². The maximum absolute atomic E-state index is 13.2. The van der Waals surface area contributed by atoms with Crippen molar-refractivity contribution in [3.05, 3.63) is 67.7 Å². The van der Waals surface area contributed by atoms with Crippen molar-refractivity contribution < 1.29 is 4.39 Å². The second kappa shape index (κ2) is 5.38. The first-order chi connectivity index (χ1) is 9.38. The van der Waals surface area contributed by atoms with Gasteiger partial charge >= 0.3 is 5.69 Å². The number of nitrogens with one attached hydrogen (secondary N) is 1. The number of halogens is 1. The molecule has 0 radical (unpaired) electrons. The Hall–Kier alpha value is -2.28. The summed E-state index contributed by atoms with van der Waals surface area (Å²) in [6.07, 6.45) is 1.44. The van der Waals surface area contributed by atoms with E-state index < -0.39 is 17.1 Å². The van der Waals surface area contributed by atoms with Crippen molar-refractivity contribution in [3.8, 4) is 0 Å². The minimum atomic E-state index is -0.543. The third-order valence-electron chi connectivity index (χ3n) is 2.87. The van der Waals surface area contributed by atoms with Gasteiger partial charge in [0.25, 0.3) is 5.56 Å². The number of aromatic nitrogens is 2. The largest absolute Gasteiger partial charge is 0.389 e. The molecule has 0 aliphatic rings. The van der Waals surface area contributed by atoms with Gasteiger partial charge in [0, 0.05) is 17.3 Å². The summed E-state index contributed by atoms with van der Waals surface area (Å²) in [4.78, 5) is 25.3. The van der Waals surface area contributed by atoms with Crippen LogP contribution in [0.5, 0.6) is 0 Å². The van der Waals surface area contributed by atoms with E-state index in [1.807, 2.05) is 0 Å². The summed E-state index contributed by atoms with van der Waals surface area (Å²) in [5, 5.41) is 0. The molecule has 0 aliphatic carbocycles. The Morgan fingerprint density at radius 3 is 2.80 bits per heavy atom. The summed E-state index contributed by atoms with van der Waals surface area (Å²) in [7, 11) is 0. The molecule has 2 rings (SSSR count). The van der Waals surface area contributed by atoms with Crippen LogP contribution in [0.15, 0.2) is 34.0 Å². The van der Waals surface area contributed by atoms with Crippen LogP contribution < -0.4 is 17.0 Å². The summed E-state index contributed by atoms with van der Waals surface area (Å²) in [5.74, 6) is -0.457. The Morgan fingerprint density at radius 1 is 1.45 bits per heavy atom. The highest BCUT2D eigenvalue weighted by atomic mass is 32.1. The molecule has 7 heteroatoms. The Bertz CT molecular complexity index is 795. The zero-order valence-corrected chi connectivity index (χ0v) is 11.5. The molecule has 3 N–H and O–H groups in total. The van der Waals surface area contributed by atoms with Crippen LogP contribution in [-0.4, -0.2) is 14.5 Å². The van der Waals surface area contributed by atoms with Gasteiger partial charge in [-0.1, -0.05) is 18.3 Å². The van der Waals surface area contributed by atoms with Crippen LogP contribution >= 0.6 is 12.2 Å². The fourth-order valence-corrected chi connectivity index (χ4v) is 2.03. The molecule has 0 atom stereocenters. The Kier molecular flexibility index (Phi) is 3.80. The number of hydrogen-bond acceptors (Lipinski definition) is 3. The van der Waals surface area contributed by atoms with Crippen molar-refractivity contribution in [1.29, 1.82) is 0 Å². The molecule has 20 heavy (non-hydrogen) atoms. The van der Waals surface area contributed by atoms with E-state index in [2.05, 4.69) is 4.98 Å². The summed E-state index contributed by atoms with van der Waals surface area (Å²) in [6.45, 7) is 1.73. The number of aryl methyl sites for hydroxylation is 1. The summed E-state index contributed by atoms with van der Waals surface area (Å²) in [5.41, 5.74) is 5.96. The molecule has 5 nitrogen and oxygen atoms in total.